The van der Waals surface area contributed by atoms with Crippen LogP contribution in [0.1, 0.15) is 32.6 Å². The summed E-state index contributed by atoms with van der Waals surface area (Å²) in [5, 5.41) is 8.47. The SMILES string of the molecule is CC1CCC(NCCn2cc(Cl)cn2)CC1. The molecule has 1 aromatic rings. The molecule has 0 bridgehead atoms. The quantitative estimate of drug-likeness (QED) is 0.879. The van der Waals surface area contributed by atoms with Gasteiger partial charge in [-0.05, 0) is 31.6 Å². The molecule has 16 heavy (non-hydrogen) atoms. The molecule has 1 saturated carbocycles. The topological polar surface area (TPSA) is 29.9 Å². The van der Waals surface area contributed by atoms with Crippen LogP contribution in [0.15, 0.2) is 12.4 Å². The van der Waals surface area contributed by atoms with Gasteiger partial charge in [-0.25, -0.2) is 0 Å². The molecule has 1 aromatic heterocycles. The summed E-state index contributed by atoms with van der Waals surface area (Å²) in [7, 11) is 0. The van der Waals surface area contributed by atoms with Crippen LogP contribution in [0.3, 0.4) is 0 Å². The Morgan fingerprint density at radius 2 is 2.19 bits per heavy atom. The lowest BCUT2D eigenvalue weighted by atomic mass is 9.87. The number of halogens is 1. The summed E-state index contributed by atoms with van der Waals surface area (Å²) in [5.74, 6) is 0.919. The normalized spacial score (nSPS) is 25.9. The van der Waals surface area contributed by atoms with Crippen molar-refractivity contribution in [2.75, 3.05) is 6.54 Å². The largest absolute Gasteiger partial charge is 0.312 e. The molecule has 0 atom stereocenters. The zero-order valence-corrected chi connectivity index (χ0v) is 10.6. The highest BCUT2D eigenvalue weighted by Gasteiger charge is 2.17. The monoisotopic (exact) mass is 241 g/mol. The van der Waals surface area contributed by atoms with E-state index in [1.54, 1.807) is 6.20 Å². The molecular formula is C12H20ClN3. The third-order valence-corrected chi connectivity index (χ3v) is 3.59. The van der Waals surface area contributed by atoms with Gasteiger partial charge in [-0.3, -0.25) is 4.68 Å². The maximum absolute atomic E-state index is 5.80. The molecule has 0 aliphatic heterocycles. The molecule has 0 aromatic carbocycles. The first-order valence-electron chi connectivity index (χ1n) is 6.15. The fourth-order valence-electron chi connectivity index (χ4n) is 2.31. The van der Waals surface area contributed by atoms with Gasteiger partial charge in [0.2, 0.25) is 0 Å². The standard InChI is InChI=1S/C12H20ClN3/c1-10-2-4-12(5-3-10)14-6-7-16-9-11(13)8-15-16/h8-10,12,14H,2-7H2,1H3. The van der Waals surface area contributed by atoms with Gasteiger partial charge < -0.3 is 5.32 Å². The molecule has 0 saturated heterocycles. The van der Waals surface area contributed by atoms with E-state index in [1.165, 1.54) is 25.7 Å². The van der Waals surface area contributed by atoms with Gasteiger partial charge in [0, 0.05) is 18.8 Å². The maximum Gasteiger partial charge on any atom is 0.0785 e. The van der Waals surface area contributed by atoms with Gasteiger partial charge in [0.05, 0.1) is 17.8 Å². The Labute approximate surface area is 102 Å². The number of nitrogens with one attached hydrogen (secondary N) is 1. The molecule has 1 aliphatic rings. The van der Waals surface area contributed by atoms with Crippen molar-refractivity contribution in [1.29, 1.82) is 0 Å². The molecule has 2 rings (SSSR count). The summed E-state index contributed by atoms with van der Waals surface area (Å²) >= 11 is 5.80. The molecule has 1 aliphatic carbocycles. The number of rotatable bonds is 4. The van der Waals surface area contributed by atoms with Crippen molar-refractivity contribution in [1.82, 2.24) is 15.1 Å². The second kappa shape index (κ2) is 5.69. The van der Waals surface area contributed by atoms with Crippen molar-refractivity contribution in [2.45, 2.75) is 45.2 Å². The van der Waals surface area contributed by atoms with E-state index in [0.717, 1.165) is 19.0 Å². The van der Waals surface area contributed by atoms with E-state index in [2.05, 4.69) is 17.3 Å². The second-order valence-corrected chi connectivity index (χ2v) is 5.27. The van der Waals surface area contributed by atoms with Gasteiger partial charge in [0.15, 0.2) is 0 Å². The molecule has 0 unspecified atom stereocenters. The minimum Gasteiger partial charge on any atom is -0.312 e. The van der Waals surface area contributed by atoms with Crippen molar-refractivity contribution < 1.29 is 0 Å². The lowest BCUT2D eigenvalue weighted by molar-refractivity contribution is 0.304. The van der Waals surface area contributed by atoms with E-state index in [9.17, 15) is 0 Å². The van der Waals surface area contributed by atoms with Crippen molar-refractivity contribution >= 4 is 11.6 Å². The van der Waals surface area contributed by atoms with Crippen LogP contribution in [-0.4, -0.2) is 22.4 Å². The molecule has 4 heteroatoms. The van der Waals surface area contributed by atoms with Crippen molar-refractivity contribution in [3.63, 3.8) is 0 Å². The predicted octanol–water partition coefficient (Wildman–Crippen LogP) is 2.70. The zero-order chi connectivity index (χ0) is 11.4. The molecule has 90 valence electrons. The summed E-state index contributed by atoms with van der Waals surface area (Å²) in [6.45, 7) is 4.23. The fraction of sp³-hybridized carbons (Fsp3) is 0.750. The Morgan fingerprint density at radius 3 is 2.81 bits per heavy atom. The molecule has 3 nitrogen and oxygen atoms in total. The Bertz CT molecular complexity index is 316. The number of hydrogen-bond acceptors (Lipinski definition) is 2. The van der Waals surface area contributed by atoms with Crippen LogP contribution < -0.4 is 5.32 Å². The number of hydrogen-bond donors (Lipinski definition) is 1. The third-order valence-electron chi connectivity index (χ3n) is 3.39. The highest BCUT2D eigenvalue weighted by molar-refractivity contribution is 6.30. The molecule has 1 heterocycles. The Kier molecular flexibility index (Phi) is 4.24. The highest BCUT2D eigenvalue weighted by Crippen LogP contribution is 2.23. The van der Waals surface area contributed by atoms with Gasteiger partial charge in [0.1, 0.15) is 0 Å². The van der Waals surface area contributed by atoms with E-state index in [4.69, 9.17) is 11.6 Å². The highest BCUT2D eigenvalue weighted by atomic mass is 35.5. The van der Waals surface area contributed by atoms with Crippen LogP contribution in [0.4, 0.5) is 0 Å². The van der Waals surface area contributed by atoms with Gasteiger partial charge in [0.25, 0.3) is 0 Å². The van der Waals surface area contributed by atoms with Crippen LogP contribution in [0, 0.1) is 5.92 Å². The Hall–Kier alpha value is -0.540. The predicted molar refractivity (Wildman–Crippen MR) is 66.7 cm³/mol. The van der Waals surface area contributed by atoms with Crippen LogP contribution >= 0.6 is 11.6 Å². The summed E-state index contributed by atoms with van der Waals surface area (Å²) in [5.41, 5.74) is 0. The van der Waals surface area contributed by atoms with Crippen LogP contribution in [0.2, 0.25) is 5.02 Å². The van der Waals surface area contributed by atoms with E-state index in [-0.39, 0.29) is 0 Å². The first kappa shape index (κ1) is 11.9. The Morgan fingerprint density at radius 1 is 1.44 bits per heavy atom. The van der Waals surface area contributed by atoms with Crippen molar-refractivity contribution in [2.24, 2.45) is 5.92 Å². The first-order valence-corrected chi connectivity index (χ1v) is 6.53. The van der Waals surface area contributed by atoms with E-state index in [0.29, 0.717) is 11.1 Å². The second-order valence-electron chi connectivity index (χ2n) is 4.83. The number of nitrogens with zero attached hydrogens (tertiary/aromatic N) is 2. The molecular weight excluding hydrogens is 222 g/mol. The number of aromatic nitrogens is 2. The molecule has 1 N–H and O–H groups in total. The smallest absolute Gasteiger partial charge is 0.0785 e. The minimum atomic E-state index is 0.710. The van der Waals surface area contributed by atoms with Gasteiger partial charge in [-0.1, -0.05) is 18.5 Å². The molecule has 1 fully saturated rings. The first-order chi connectivity index (χ1) is 7.74. The summed E-state index contributed by atoms with van der Waals surface area (Å²) < 4.78 is 1.89. The summed E-state index contributed by atoms with van der Waals surface area (Å²) in [4.78, 5) is 0. The average molecular weight is 242 g/mol. The maximum atomic E-state index is 5.80. The van der Waals surface area contributed by atoms with E-state index < -0.39 is 0 Å². The van der Waals surface area contributed by atoms with Crippen molar-refractivity contribution in [3.05, 3.63) is 17.4 Å². The zero-order valence-electron chi connectivity index (χ0n) is 9.82. The van der Waals surface area contributed by atoms with Crippen LogP contribution in [0.5, 0.6) is 0 Å². The van der Waals surface area contributed by atoms with Gasteiger partial charge >= 0.3 is 0 Å². The summed E-state index contributed by atoms with van der Waals surface area (Å²) in [6.07, 6.45) is 8.93. The van der Waals surface area contributed by atoms with Gasteiger partial charge in [-0.2, -0.15) is 5.10 Å². The molecule has 0 amide bonds. The van der Waals surface area contributed by atoms with Crippen LogP contribution in [0.25, 0.3) is 0 Å². The van der Waals surface area contributed by atoms with Crippen molar-refractivity contribution in [3.8, 4) is 0 Å². The molecule has 0 radical (unpaired) electrons. The summed E-state index contributed by atoms with van der Waals surface area (Å²) in [6, 6.07) is 0.710. The van der Waals surface area contributed by atoms with E-state index in [1.807, 2.05) is 10.9 Å². The lowest BCUT2D eigenvalue weighted by Gasteiger charge is -2.27. The Balaban J connectivity index is 1.64. The fourth-order valence-corrected chi connectivity index (χ4v) is 2.46. The van der Waals surface area contributed by atoms with Crippen LogP contribution in [-0.2, 0) is 6.54 Å². The molecule has 0 spiro atoms. The third kappa shape index (κ3) is 3.49. The lowest BCUT2D eigenvalue weighted by Crippen LogP contribution is -2.34. The average Bonchev–Trinajstić information content (AvgIpc) is 2.67. The van der Waals surface area contributed by atoms with Gasteiger partial charge in [-0.15, -0.1) is 0 Å². The minimum absolute atomic E-state index is 0.710. The van der Waals surface area contributed by atoms with E-state index >= 15 is 0 Å².